The topological polar surface area (TPSA) is 136 Å². The molecule has 12 heteroatoms. The smallest absolute Gasteiger partial charge is 0.269 e. The number of sulfonamides is 2. The molecule has 3 aromatic rings. The fourth-order valence-corrected chi connectivity index (χ4v) is 6.78. The molecule has 10 nitrogen and oxygen atoms in total. The van der Waals surface area contributed by atoms with Gasteiger partial charge in [-0.25, -0.2) is 21.6 Å². The third-order valence-electron chi connectivity index (χ3n) is 6.12. The molecule has 1 saturated heterocycles. The van der Waals surface area contributed by atoms with Crippen LogP contribution in [-0.4, -0.2) is 57.9 Å². The maximum Gasteiger partial charge on any atom is 0.269 e. The predicted molar refractivity (Wildman–Crippen MR) is 137 cm³/mol. The minimum atomic E-state index is -3.99. The van der Waals surface area contributed by atoms with Crippen LogP contribution in [0.15, 0.2) is 88.7 Å². The Morgan fingerprint density at radius 2 is 1.57 bits per heavy atom. The van der Waals surface area contributed by atoms with E-state index in [1.54, 1.807) is 24.3 Å². The fraction of sp³-hybridized carbons (Fsp3) is 0.280. The van der Waals surface area contributed by atoms with Gasteiger partial charge in [0.2, 0.25) is 20.0 Å². The summed E-state index contributed by atoms with van der Waals surface area (Å²) in [5.41, 5.74) is 1.66. The van der Waals surface area contributed by atoms with E-state index in [1.807, 2.05) is 37.3 Å². The van der Waals surface area contributed by atoms with Crippen LogP contribution in [0.4, 0.5) is 5.69 Å². The molecule has 0 saturated carbocycles. The highest BCUT2D eigenvalue weighted by Gasteiger charge is 2.38. The third-order valence-corrected chi connectivity index (χ3v) is 9.49. The van der Waals surface area contributed by atoms with Gasteiger partial charge >= 0.3 is 0 Å². The summed E-state index contributed by atoms with van der Waals surface area (Å²) in [4.78, 5) is 10.2. The largest absolute Gasteiger partial charge is 0.374 e. The zero-order valence-electron chi connectivity index (χ0n) is 20.1. The van der Waals surface area contributed by atoms with E-state index in [9.17, 15) is 26.9 Å². The van der Waals surface area contributed by atoms with Gasteiger partial charge in [0.15, 0.2) is 0 Å². The van der Waals surface area contributed by atoms with Crippen molar-refractivity contribution in [3.63, 3.8) is 0 Å². The molecule has 0 aliphatic carbocycles. The van der Waals surface area contributed by atoms with E-state index in [-0.39, 0.29) is 35.2 Å². The summed E-state index contributed by atoms with van der Waals surface area (Å²) in [7, 11) is -7.88. The molecular formula is C25H27N3O7S2. The molecule has 0 radical (unpaired) electrons. The standard InChI is InChI=1S/C25H27N3O7S2/c1-19-7-11-25(12-8-19)37(33,34)27-17-23(35-18-22(27)15-20-5-3-2-4-6-20)16-26-36(31,32)24-13-9-21(10-14-24)28(29)30/h2-14,22-23,26H,15-18H2,1H3/t22-,23-/m0/s1. The Labute approximate surface area is 216 Å². The van der Waals surface area contributed by atoms with Crippen molar-refractivity contribution in [3.05, 3.63) is 100 Å². The highest BCUT2D eigenvalue weighted by Crippen LogP contribution is 2.25. The Morgan fingerprint density at radius 1 is 0.946 bits per heavy atom. The summed E-state index contributed by atoms with van der Waals surface area (Å²) < 4.78 is 62.4. The van der Waals surface area contributed by atoms with Crippen molar-refractivity contribution in [1.29, 1.82) is 0 Å². The zero-order chi connectivity index (χ0) is 26.6. The van der Waals surface area contributed by atoms with Crippen LogP contribution in [0.2, 0.25) is 0 Å². The van der Waals surface area contributed by atoms with Crippen LogP contribution < -0.4 is 4.72 Å². The van der Waals surface area contributed by atoms with E-state index in [1.165, 1.54) is 4.31 Å². The van der Waals surface area contributed by atoms with Gasteiger partial charge in [-0.05, 0) is 43.2 Å². The summed E-state index contributed by atoms with van der Waals surface area (Å²) in [6.45, 7) is 1.74. The molecule has 3 aromatic carbocycles. The van der Waals surface area contributed by atoms with E-state index in [0.717, 1.165) is 35.4 Å². The molecule has 1 heterocycles. The van der Waals surface area contributed by atoms with Crippen LogP contribution in [0, 0.1) is 17.0 Å². The zero-order valence-corrected chi connectivity index (χ0v) is 21.7. The van der Waals surface area contributed by atoms with Gasteiger partial charge < -0.3 is 4.74 Å². The number of nitrogens with zero attached hydrogens (tertiary/aromatic N) is 2. The van der Waals surface area contributed by atoms with Crippen molar-refractivity contribution in [1.82, 2.24) is 9.03 Å². The highest BCUT2D eigenvalue weighted by atomic mass is 32.2. The Hall–Kier alpha value is -3.16. The molecular weight excluding hydrogens is 518 g/mol. The first kappa shape index (κ1) is 26.9. The van der Waals surface area contributed by atoms with Crippen LogP contribution in [0.1, 0.15) is 11.1 Å². The molecule has 37 heavy (non-hydrogen) atoms. The number of non-ortho nitro benzene ring substituents is 1. The lowest BCUT2D eigenvalue weighted by Gasteiger charge is -2.39. The van der Waals surface area contributed by atoms with Gasteiger partial charge in [-0.3, -0.25) is 10.1 Å². The molecule has 196 valence electrons. The number of hydrogen-bond acceptors (Lipinski definition) is 7. The first-order valence-electron chi connectivity index (χ1n) is 11.5. The fourth-order valence-electron chi connectivity index (χ4n) is 4.08. The molecule has 1 aliphatic rings. The molecule has 0 unspecified atom stereocenters. The Balaban J connectivity index is 1.52. The van der Waals surface area contributed by atoms with Crippen LogP contribution >= 0.6 is 0 Å². The average molecular weight is 546 g/mol. The molecule has 1 fully saturated rings. The van der Waals surface area contributed by atoms with E-state index >= 15 is 0 Å². The number of nitro benzene ring substituents is 1. The molecule has 2 atom stereocenters. The van der Waals surface area contributed by atoms with Gasteiger partial charge in [0.05, 0.1) is 33.5 Å². The van der Waals surface area contributed by atoms with E-state index in [0.29, 0.717) is 6.42 Å². The molecule has 4 rings (SSSR count). The molecule has 1 aliphatic heterocycles. The van der Waals surface area contributed by atoms with Gasteiger partial charge in [0.1, 0.15) is 0 Å². The summed E-state index contributed by atoms with van der Waals surface area (Å²) in [5.74, 6) is 0. The minimum absolute atomic E-state index is 0.0451. The van der Waals surface area contributed by atoms with Crippen molar-refractivity contribution >= 4 is 25.7 Å². The van der Waals surface area contributed by atoms with Crippen LogP contribution in [-0.2, 0) is 31.2 Å². The monoisotopic (exact) mass is 545 g/mol. The van der Waals surface area contributed by atoms with Gasteiger partial charge in [0, 0.05) is 25.2 Å². The van der Waals surface area contributed by atoms with Gasteiger partial charge in [-0.1, -0.05) is 48.0 Å². The number of rotatable bonds is 9. The Bertz CT molecular complexity index is 1440. The number of morpholine rings is 1. The Kier molecular flexibility index (Phi) is 8.05. The number of aryl methyl sites for hydroxylation is 1. The first-order chi connectivity index (χ1) is 17.6. The van der Waals surface area contributed by atoms with Gasteiger partial charge in [0.25, 0.3) is 5.69 Å². The SMILES string of the molecule is Cc1ccc(S(=O)(=O)N2C[C@H](CNS(=O)(=O)c3ccc([N+](=O)[O-])cc3)OC[C@@H]2Cc2ccccc2)cc1. The minimum Gasteiger partial charge on any atom is -0.374 e. The number of nitrogens with one attached hydrogen (secondary N) is 1. The second-order valence-electron chi connectivity index (χ2n) is 8.79. The normalized spacial score (nSPS) is 18.9. The molecule has 0 spiro atoms. The molecule has 1 N–H and O–H groups in total. The Morgan fingerprint density at radius 3 is 2.19 bits per heavy atom. The van der Waals surface area contributed by atoms with Gasteiger partial charge in [-0.2, -0.15) is 4.31 Å². The summed E-state index contributed by atoms with van der Waals surface area (Å²) in [5, 5.41) is 10.8. The van der Waals surface area contributed by atoms with Crippen LogP contribution in [0.25, 0.3) is 0 Å². The lowest BCUT2D eigenvalue weighted by molar-refractivity contribution is -0.384. The van der Waals surface area contributed by atoms with Crippen LogP contribution in [0.5, 0.6) is 0 Å². The van der Waals surface area contributed by atoms with Crippen molar-refractivity contribution < 1.29 is 26.5 Å². The second-order valence-corrected chi connectivity index (χ2v) is 12.4. The lowest BCUT2D eigenvalue weighted by atomic mass is 10.1. The second kappa shape index (κ2) is 11.1. The van der Waals surface area contributed by atoms with Crippen molar-refractivity contribution in [2.45, 2.75) is 35.3 Å². The number of benzene rings is 3. The quantitative estimate of drug-likeness (QED) is 0.323. The van der Waals surface area contributed by atoms with Gasteiger partial charge in [-0.15, -0.1) is 0 Å². The molecule has 0 bridgehead atoms. The first-order valence-corrected chi connectivity index (χ1v) is 14.5. The number of hydrogen-bond donors (Lipinski definition) is 1. The van der Waals surface area contributed by atoms with Crippen molar-refractivity contribution in [3.8, 4) is 0 Å². The summed E-state index contributed by atoms with van der Waals surface area (Å²) in [6, 6.07) is 20.1. The summed E-state index contributed by atoms with van der Waals surface area (Å²) in [6.07, 6.45) is -0.298. The van der Waals surface area contributed by atoms with E-state index < -0.39 is 37.1 Å². The third kappa shape index (κ3) is 6.40. The van der Waals surface area contributed by atoms with Crippen molar-refractivity contribution in [2.75, 3.05) is 19.7 Å². The summed E-state index contributed by atoms with van der Waals surface area (Å²) >= 11 is 0. The number of nitro groups is 1. The maximum atomic E-state index is 13.6. The lowest BCUT2D eigenvalue weighted by Crippen LogP contribution is -2.55. The predicted octanol–water partition coefficient (Wildman–Crippen LogP) is 2.88. The van der Waals surface area contributed by atoms with Crippen LogP contribution in [0.3, 0.4) is 0 Å². The van der Waals surface area contributed by atoms with E-state index in [2.05, 4.69) is 4.72 Å². The average Bonchev–Trinajstić information content (AvgIpc) is 2.89. The molecule has 0 amide bonds. The number of ether oxygens (including phenoxy) is 1. The molecule has 0 aromatic heterocycles. The van der Waals surface area contributed by atoms with E-state index in [4.69, 9.17) is 4.74 Å². The van der Waals surface area contributed by atoms with Crippen molar-refractivity contribution in [2.24, 2.45) is 0 Å². The maximum absolute atomic E-state index is 13.6. The highest BCUT2D eigenvalue weighted by molar-refractivity contribution is 7.89.